The number of rotatable bonds is 6. The van der Waals surface area contributed by atoms with Gasteiger partial charge in [0.25, 0.3) is 0 Å². The van der Waals surface area contributed by atoms with Gasteiger partial charge in [-0.1, -0.05) is 22.5 Å². The maximum absolute atomic E-state index is 14.1. The summed E-state index contributed by atoms with van der Waals surface area (Å²) >= 11 is 0. The van der Waals surface area contributed by atoms with Crippen LogP contribution in [0.1, 0.15) is 11.1 Å². The van der Waals surface area contributed by atoms with E-state index in [1.165, 1.54) is 6.07 Å². The second kappa shape index (κ2) is 6.62. The van der Waals surface area contributed by atoms with E-state index in [2.05, 4.69) is 20.8 Å². The zero-order valence-electron chi connectivity index (χ0n) is 10.7. The highest BCUT2D eigenvalue weighted by Crippen LogP contribution is 2.12. The van der Waals surface area contributed by atoms with Crippen LogP contribution in [0.2, 0.25) is 0 Å². The largest absolute Gasteiger partial charge is 0.409 e. The molecule has 0 radical (unpaired) electrons. The van der Waals surface area contributed by atoms with Crippen molar-refractivity contribution in [3.05, 3.63) is 47.5 Å². The highest BCUT2D eigenvalue weighted by molar-refractivity contribution is 5.97. The maximum atomic E-state index is 14.1. The summed E-state index contributed by atoms with van der Waals surface area (Å²) in [5.41, 5.74) is 5.94. The Morgan fingerprint density at radius 1 is 1.50 bits per heavy atom. The van der Waals surface area contributed by atoms with Crippen LogP contribution >= 0.6 is 0 Å². The summed E-state index contributed by atoms with van der Waals surface area (Å²) in [7, 11) is 0. The van der Waals surface area contributed by atoms with Crippen LogP contribution < -0.4 is 11.1 Å². The van der Waals surface area contributed by atoms with Crippen molar-refractivity contribution in [3.8, 4) is 0 Å². The van der Waals surface area contributed by atoms with E-state index < -0.39 is 5.82 Å². The SMILES string of the molecule is N/C(=N/O)c1cccc(CNCCn2ccnn2)c1F. The lowest BCUT2D eigenvalue weighted by atomic mass is 10.1. The van der Waals surface area contributed by atoms with Gasteiger partial charge in [0, 0.05) is 24.8 Å². The average molecular weight is 278 g/mol. The maximum Gasteiger partial charge on any atom is 0.173 e. The molecule has 1 heterocycles. The zero-order valence-corrected chi connectivity index (χ0v) is 10.7. The number of amidine groups is 1. The molecule has 1 aromatic carbocycles. The number of hydrogen-bond donors (Lipinski definition) is 3. The quantitative estimate of drug-likeness (QED) is 0.232. The second-order valence-electron chi connectivity index (χ2n) is 4.11. The summed E-state index contributed by atoms with van der Waals surface area (Å²) in [6.07, 6.45) is 3.35. The predicted octanol–water partition coefficient (Wildman–Crippen LogP) is 0.301. The Bertz CT molecular complexity index is 584. The van der Waals surface area contributed by atoms with Gasteiger partial charge < -0.3 is 16.3 Å². The Morgan fingerprint density at radius 3 is 3.05 bits per heavy atom. The molecular formula is C12H15FN6O. The van der Waals surface area contributed by atoms with Crippen LogP contribution in [-0.2, 0) is 13.1 Å². The Morgan fingerprint density at radius 2 is 2.35 bits per heavy atom. The lowest BCUT2D eigenvalue weighted by Gasteiger charge is -2.08. The number of benzene rings is 1. The van der Waals surface area contributed by atoms with E-state index in [1.54, 1.807) is 29.2 Å². The van der Waals surface area contributed by atoms with E-state index in [-0.39, 0.29) is 11.4 Å². The van der Waals surface area contributed by atoms with Crippen molar-refractivity contribution in [2.45, 2.75) is 13.1 Å². The molecule has 0 atom stereocenters. The van der Waals surface area contributed by atoms with E-state index in [9.17, 15) is 4.39 Å². The Hall–Kier alpha value is -2.48. The molecule has 0 aliphatic carbocycles. The van der Waals surface area contributed by atoms with Gasteiger partial charge in [0.15, 0.2) is 5.84 Å². The van der Waals surface area contributed by atoms with Crippen molar-refractivity contribution in [3.63, 3.8) is 0 Å². The van der Waals surface area contributed by atoms with Gasteiger partial charge in [-0.05, 0) is 6.07 Å². The third-order valence-electron chi connectivity index (χ3n) is 2.77. The summed E-state index contributed by atoms with van der Waals surface area (Å²) in [6, 6.07) is 4.76. The minimum absolute atomic E-state index is 0.0862. The average Bonchev–Trinajstić information content (AvgIpc) is 2.97. The minimum atomic E-state index is -0.490. The number of hydrogen-bond acceptors (Lipinski definition) is 5. The number of nitrogens with two attached hydrogens (primary N) is 1. The van der Waals surface area contributed by atoms with E-state index in [1.807, 2.05) is 0 Å². The number of aromatic nitrogens is 3. The van der Waals surface area contributed by atoms with Gasteiger partial charge in [0.1, 0.15) is 5.82 Å². The molecule has 0 saturated carbocycles. The zero-order chi connectivity index (χ0) is 14.4. The van der Waals surface area contributed by atoms with Crippen LogP contribution in [0.4, 0.5) is 4.39 Å². The molecule has 0 aliphatic heterocycles. The normalized spacial score (nSPS) is 11.8. The molecule has 0 spiro atoms. The van der Waals surface area contributed by atoms with Crippen LogP contribution in [0.15, 0.2) is 35.7 Å². The van der Waals surface area contributed by atoms with Crippen molar-refractivity contribution in [2.24, 2.45) is 10.9 Å². The van der Waals surface area contributed by atoms with Gasteiger partial charge in [0.2, 0.25) is 0 Å². The molecule has 1 aromatic heterocycles. The van der Waals surface area contributed by atoms with E-state index >= 15 is 0 Å². The molecule has 0 aliphatic rings. The molecule has 0 amide bonds. The van der Waals surface area contributed by atoms with Gasteiger partial charge >= 0.3 is 0 Å². The predicted molar refractivity (Wildman–Crippen MR) is 70.6 cm³/mol. The van der Waals surface area contributed by atoms with Crippen molar-refractivity contribution < 1.29 is 9.60 Å². The van der Waals surface area contributed by atoms with Gasteiger partial charge in [-0.15, -0.1) is 5.10 Å². The van der Waals surface area contributed by atoms with Gasteiger partial charge in [-0.25, -0.2) is 4.39 Å². The van der Waals surface area contributed by atoms with E-state index in [0.29, 0.717) is 25.2 Å². The smallest absolute Gasteiger partial charge is 0.173 e. The molecule has 2 aromatic rings. The highest BCUT2D eigenvalue weighted by Gasteiger charge is 2.10. The van der Waals surface area contributed by atoms with Crippen molar-refractivity contribution >= 4 is 5.84 Å². The molecule has 2 rings (SSSR count). The van der Waals surface area contributed by atoms with Crippen molar-refractivity contribution in [1.29, 1.82) is 0 Å². The summed E-state index contributed by atoms with van der Waals surface area (Å²) in [6.45, 7) is 1.60. The lowest BCUT2D eigenvalue weighted by molar-refractivity contribution is 0.318. The molecule has 0 unspecified atom stereocenters. The third-order valence-corrected chi connectivity index (χ3v) is 2.77. The fraction of sp³-hybridized carbons (Fsp3) is 0.250. The first kappa shape index (κ1) is 13.9. The molecule has 20 heavy (non-hydrogen) atoms. The summed E-state index contributed by atoms with van der Waals surface area (Å²) in [5, 5.41) is 22.0. The minimum Gasteiger partial charge on any atom is -0.409 e. The molecule has 0 bridgehead atoms. The molecule has 4 N–H and O–H groups in total. The van der Waals surface area contributed by atoms with Gasteiger partial charge in [-0.3, -0.25) is 4.68 Å². The first-order valence-electron chi connectivity index (χ1n) is 6.02. The van der Waals surface area contributed by atoms with Crippen LogP contribution in [0.3, 0.4) is 0 Å². The molecule has 8 heteroatoms. The second-order valence-corrected chi connectivity index (χ2v) is 4.11. The molecule has 0 saturated heterocycles. The first-order valence-corrected chi connectivity index (χ1v) is 6.02. The van der Waals surface area contributed by atoms with Gasteiger partial charge in [-0.2, -0.15) is 0 Å². The molecule has 106 valence electrons. The fourth-order valence-corrected chi connectivity index (χ4v) is 1.74. The fourth-order valence-electron chi connectivity index (χ4n) is 1.74. The Kier molecular flexibility index (Phi) is 4.61. The van der Waals surface area contributed by atoms with Gasteiger partial charge in [0.05, 0.1) is 18.3 Å². The van der Waals surface area contributed by atoms with E-state index in [0.717, 1.165) is 0 Å². The number of nitrogens with one attached hydrogen (secondary N) is 1. The Labute approximate surface area is 114 Å². The standard InChI is InChI=1S/C12H15FN6O/c13-11-9(2-1-3-10(11)12(14)17-20)8-15-4-6-19-7-5-16-18-19/h1-3,5,7,15,20H,4,6,8H2,(H2,14,17). The monoisotopic (exact) mass is 278 g/mol. The molecule has 7 nitrogen and oxygen atoms in total. The topological polar surface area (TPSA) is 101 Å². The number of halogens is 1. The van der Waals surface area contributed by atoms with E-state index in [4.69, 9.17) is 10.9 Å². The molecule has 0 fully saturated rings. The van der Waals surface area contributed by atoms with Crippen LogP contribution in [-0.4, -0.2) is 32.6 Å². The van der Waals surface area contributed by atoms with Crippen molar-refractivity contribution in [2.75, 3.05) is 6.54 Å². The first-order chi connectivity index (χ1) is 9.72. The van der Waals surface area contributed by atoms with Crippen LogP contribution in [0, 0.1) is 5.82 Å². The highest BCUT2D eigenvalue weighted by atomic mass is 19.1. The summed E-state index contributed by atoms with van der Waals surface area (Å²) in [4.78, 5) is 0. The molecular weight excluding hydrogens is 263 g/mol. The van der Waals surface area contributed by atoms with Crippen LogP contribution in [0.5, 0.6) is 0 Å². The summed E-state index contributed by atoms with van der Waals surface area (Å²) in [5.74, 6) is -0.733. The van der Waals surface area contributed by atoms with Crippen LogP contribution in [0.25, 0.3) is 0 Å². The number of nitrogens with zero attached hydrogens (tertiary/aromatic N) is 4. The van der Waals surface area contributed by atoms with Crippen molar-refractivity contribution in [1.82, 2.24) is 20.3 Å². The Balaban J connectivity index is 1.93. The number of oxime groups is 1. The summed E-state index contributed by atoms with van der Waals surface area (Å²) < 4.78 is 15.7. The lowest BCUT2D eigenvalue weighted by Crippen LogP contribution is -2.22. The third kappa shape index (κ3) is 3.29.